The monoisotopic (exact) mass is 441 g/mol. The zero-order valence-corrected chi connectivity index (χ0v) is 18.2. The average molecular weight is 442 g/mol. The fraction of sp³-hybridized carbons (Fsp3) is 0.318. The van der Waals surface area contributed by atoms with E-state index in [1.165, 1.54) is 11.5 Å². The molecular weight excluding hydrogens is 418 g/mol. The van der Waals surface area contributed by atoms with Crippen molar-refractivity contribution in [3.05, 3.63) is 76.6 Å². The number of carbonyl (C=O) groups excluding carboxylic acids is 1. The standard InChI is InChI=1S/C22H24ClN5OS/c23-19-9-7-17(8-10-19)15-20-25-22(30-26-20)28-12-4-11-27(13-14-28)21(29)24-16-18-5-2-1-3-6-18/h1-3,5-10H,4,11-16H2,(H,24,29). The van der Waals surface area contributed by atoms with Gasteiger partial charge in [-0.1, -0.05) is 54.1 Å². The van der Waals surface area contributed by atoms with Crippen LogP contribution < -0.4 is 10.2 Å². The molecule has 1 aliphatic rings. The first-order valence-electron chi connectivity index (χ1n) is 10.1. The average Bonchev–Trinajstić information content (AvgIpc) is 3.09. The van der Waals surface area contributed by atoms with Crippen LogP contribution in [0.3, 0.4) is 0 Å². The molecule has 156 valence electrons. The fourth-order valence-corrected chi connectivity index (χ4v) is 4.29. The van der Waals surface area contributed by atoms with Crippen molar-refractivity contribution in [2.75, 3.05) is 31.1 Å². The van der Waals surface area contributed by atoms with Gasteiger partial charge in [0.25, 0.3) is 0 Å². The molecule has 1 aromatic heterocycles. The SMILES string of the molecule is O=C(NCc1ccccc1)N1CCCN(c2nc(Cc3ccc(Cl)cc3)ns2)CC1. The predicted molar refractivity (Wildman–Crippen MR) is 121 cm³/mol. The second-order valence-electron chi connectivity index (χ2n) is 7.27. The molecule has 8 heteroatoms. The Labute approximate surface area is 185 Å². The zero-order chi connectivity index (χ0) is 20.8. The molecule has 0 bridgehead atoms. The van der Waals surface area contributed by atoms with Gasteiger partial charge in [0.1, 0.15) is 5.82 Å². The minimum absolute atomic E-state index is 0.0126. The van der Waals surface area contributed by atoms with Gasteiger partial charge >= 0.3 is 6.03 Å². The van der Waals surface area contributed by atoms with Gasteiger partial charge < -0.3 is 15.1 Å². The minimum atomic E-state index is -0.0126. The highest BCUT2D eigenvalue weighted by atomic mass is 35.5. The summed E-state index contributed by atoms with van der Waals surface area (Å²) in [7, 11) is 0. The lowest BCUT2D eigenvalue weighted by atomic mass is 10.1. The van der Waals surface area contributed by atoms with E-state index in [4.69, 9.17) is 16.6 Å². The highest BCUT2D eigenvalue weighted by Gasteiger charge is 2.21. The van der Waals surface area contributed by atoms with Crippen molar-refractivity contribution in [2.45, 2.75) is 19.4 Å². The quantitative estimate of drug-likeness (QED) is 0.644. The van der Waals surface area contributed by atoms with E-state index < -0.39 is 0 Å². The number of amides is 2. The van der Waals surface area contributed by atoms with Gasteiger partial charge in [0.15, 0.2) is 0 Å². The Hall–Kier alpha value is -2.64. The molecule has 30 heavy (non-hydrogen) atoms. The molecule has 6 nitrogen and oxygen atoms in total. The first-order chi connectivity index (χ1) is 14.7. The highest BCUT2D eigenvalue weighted by Crippen LogP contribution is 2.21. The summed E-state index contributed by atoms with van der Waals surface area (Å²) in [5.74, 6) is 0.819. The second-order valence-corrected chi connectivity index (χ2v) is 8.44. The predicted octanol–water partition coefficient (Wildman–Crippen LogP) is 4.20. The molecule has 1 N–H and O–H groups in total. The smallest absolute Gasteiger partial charge is 0.317 e. The summed E-state index contributed by atoms with van der Waals surface area (Å²) in [4.78, 5) is 21.4. The first kappa shape index (κ1) is 20.6. The summed E-state index contributed by atoms with van der Waals surface area (Å²) in [6, 6.07) is 17.7. The molecule has 4 rings (SSSR count). The van der Waals surface area contributed by atoms with Gasteiger partial charge in [0, 0.05) is 55.7 Å². The molecule has 0 saturated carbocycles. The lowest BCUT2D eigenvalue weighted by Crippen LogP contribution is -2.41. The fourth-order valence-electron chi connectivity index (χ4n) is 3.43. The van der Waals surface area contributed by atoms with Gasteiger partial charge in [-0.3, -0.25) is 0 Å². The van der Waals surface area contributed by atoms with E-state index in [-0.39, 0.29) is 6.03 Å². The van der Waals surface area contributed by atoms with Gasteiger partial charge in [-0.2, -0.15) is 4.37 Å². The maximum Gasteiger partial charge on any atom is 0.317 e. The molecule has 0 atom stereocenters. The Morgan fingerprint density at radius 2 is 1.80 bits per heavy atom. The maximum atomic E-state index is 12.6. The number of anilines is 1. The van der Waals surface area contributed by atoms with Crippen LogP contribution in [0.2, 0.25) is 5.02 Å². The molecule has 1 aliphatic heterocycles. The van der Waals surface area contributed by atoms with Crippen molar-refractivity contribution < 1.29 is 4.79 Å². The van der Waals surface area contributed by atoms with Crippen LogP contribution in [0.5, 0.6) is 0 Å². The third kappa shape index (κ3) is 5.49. The van der Waals surface area contributed by atoms with Crippen LogP contribution in [0.25, 0.3) is 0 Å². The largest absolute Gasteiger partial charge is 0.345 e. The molecule has 2 aromatic carbocycles. The number of nitrogens with one attached hydrogen (secondary N) is 1. The third-order valence-electron chi connectivity index (χ3n) is 5.07. The lowest BCUT2D eigenvalue weighted by Gasteiger charge is -2.22. The van der Waals surface area contributed by atoms with Crippen LogP contribution in [-0.2, 0) is 13.0 Å². The summed E-state index contributed by atoms with van der Waals surface area (Å²) in [6.07, 6.45) is 1.60. The Morgan fingerprint density at radius 3 is 2.60 bits per heavy atom. The van der Waals surface area contributed by atoms with Crippen LogP contribution in [0.1, 0.15) is 23.4 Å². The number of carbonyl (C=O) groups is 1. The van der Waals surface area contributed by atoms with Crippen LogP contribution in [0.4, 0.5) is 9.93 Å². The second kappa shape index (κ2) is 9.91. The summed E-state index contributed by atoms with van der Waals surface area (Å²) in [6.45, 7) is 3.59. The number of nitrogens with zero attached hydrogens (tertiary/aromatic N) is 4. The Morgan fingerprint density at radius 1 is 1.00 bits per heavy atom. The topological polar surface area (TPSA) is 61.4 Å². The van der Waals surface area contributed by atoms with Crippen molar-refractivity contribution in [1.82, 2.24) is 19.6 Å². The normalized spacial score (nSPS) is 14.4. The lowest BCUT2D eigenvalue weighted by molar-refractivity contribution is 0.201. The van der Waals surface area contributed by atoms with Gasteiger partial charge in [-0.05, 0) is 29.7 Å². The summed E-state index contributed by atoms with van der Waals surface area (Å²) >= 11 is 7.38. The van der Waals surface area contributed by atoms with Gasteiger partial charge in [-0.15, -0.1) is 0 Å². The number of hydrogen-bond donors (Lipinski definition) is 1. The molecule has 2 amide bonds. The Kier molecular flexibility index (Phi) is 6.81. The van der Waals surface area contributed by atoms with Crippen molar-refractivity contribution in [3.8, 4) is 0 Å². The zero-order valence-electron chi connectivity index (χ0n) is 16.6. The van der Waals surface area contributed by atoms with Crippen LogP contribution in [0, 0.1) is 0 Å². The molecule has 1 fully saturated rings. The van der Waals surface area contributed by atoms with Crippen LogP contribution in [-0.4, -0.2) is 46.5 Å². The van der Waals surface area contributed by atoms with E-state index in [1.54, 1.807) is 0 Å². The summed E-state index contributed by atoms with van der Waals surface area (Å²) in [5.41, 5.74) is 2.24. The van der Waals surface area contributed by atoms with E-state index in [1.807, 2.05) is 59.5 Å². The number of rotatable bonds is 5. The maximum absolute atomic E-state index is 12.6. The molecular formula is C22H24ClN5OS. The van der Waals surface area contributed by atoms with Gasteiger partial charge in [-0.25, -0.2) is 9.78 Å². The Balaban J connectivity index is 1.30. The molecule has 3 aromatic rings. The summed E-state index contributed by atoms with van der Waals surface area (Å²) < 4.78 is 4.52. The van der Waals surface area contributed by atoms with Crippen molar-refractivity contribution in [3.63, 3.8) is 0 Å². The van der Waals surface area contributed by atoms with Crippen molar-refractivity contribution >= 4 is 34.3 Å². The molecule has 1 saturated heterocycles. The first-order valence-corrected chi connectivity index (χ1v) is 11.2. The van der Waals surface area contributed by atoms with E-state index >= 15 is 0 Å². The van der Waals surface area contributed by atoms with Gasteiger partial charge in [0.05, 0.1) is 0 Å². The molecule has 0 unspecified atom stereocenters. The third-order valence-corrected chi connectivity index (χ3v) is 6.14. The number of halogens is 1. The number of hydrogen-bond acceptors (Lipinski definition) is 5. The Bertz CT molecular complexity index is 963. The van der Waals surface area contributed by atoms with Gasteiger partial charge in [0.2, 0.25) is 5.13 Å². The number of urea groups is 1. The minimum Gasteiger partial charge on any atom is -0.345 e. The highest BCUT2D eigenvalue weighted by molar-refractivity contribution is 7.09. The van der Waals surface area contributed by atoms with E-state index in [0.29, 0.717) is 19.5 Å². The summed E-state index contributed by atoms with van der Waals surface area (Å²) in [5, 5.41) is 4.67. The molecule has 0 radical (unpaired) electrons. The number of benzene rings is 2. The molecule has 0 aliphatic carbocycles. The van der Waals surface area contributed by atoms with E-state index in [9.17, 15) is 4.79 Å². The van der Waals surface area contributed by atoms with E-state index in [2.05, 4.69) is 14.6 Å². The molecule has 2 heterocycles. The van der Waals surface area contributed by atoms with E-state index in [0.717, 1.165) is 53.2 Å². The number of aromatic nitrogens is 2. The van der Waals surface area contributed by atoms with Crippen molar-refractivity contribution in [1.29, 1.82) is 0 Å². The molecule has 0 spiro atoms. The van der Waals surface area contributed by atoms with Crippen LogP contribution >= 0.6 is 23.1 Å². The van der Waals surface area contributed by atoms with Crippen molar-refractivity contribution in [2.24, 2.45) is 0 Å². The van der Waals surface area contributed by atoms with Crippen LogP contribution in [0.15, 0.2) is 54.6 Å².